The first-order chi connectivity index (χ1) is 7.82. The van der Waals surface area contributed by atoms with Crippen molar-refractivity contribution in [3.63, 3.8) is 0 Å². The SMILES string of the molecule is CCC(C)(C)NC(=S)Nc1cc(Br)cc(Br)c1. The monoisotopic (exact) mass is 378 g/mol. The number of hydrogen-bond donors (Lipinski definition) is 2. The second-order valence-corrected chi connectivity index (χ2v) is 6.71. The first-order valence-electron chi connectivity index (χ1n) is 5.37. The van der Waals surface area contributed by atoms with Crippen LogP contribution in [0.1, 0.15) is 27.2 Å². The van der Waals surface area contributed by atoms with E-state index in [1.54, 1.807) is 0 Å². The van der Waals surface area contributed by atoms with Crippen molar-refractivity contribution in [2.75, 3.05) is 5.32 Å². The van der Waals surface area contributed by atoms with E-state index in [9.17, 15) is 0 Å². The van der Waals surface area contributed by atoms with Gasteiger partial charge in [0.05, 0.1) is 0 Å². The van der Waals surface area contributed by atoms with Crippen molar-refractivity contribution in [1.29, 1.82) is 0 Å². The Hall–Kier alpha value is -0.130. The molecule has 1 rings (SSSR count). The van der Waals surface area contributed by atoms with Gasteiger partial charge in [0.2, 0.25) is 0 Å². The molecule has 0 aliphatic heterocycles. The van der Waals surface area contributed by atoms with Gasteiger partial charge < -0.3 is 10.6 Å². The lowest BCUT2D eigenvalue weighted by Crippen LogP contribution is -2.44. The molecule has 0 unspecified atom stereocenters. The van der Waals surface area contributed by atoms with Crippen LogP contribution in [-0.2, 0) is 0 Å². The van der Waals surface area contributed by atoms with Gasteiger partial charge in [0, 0.05) is 20.2 Å². The molecule has 5 heteroatoms. The predicted octanol–water partition coefficient (Wildman–Crippen LogP) is 4.69. The minimum Gasteiger partial charge on any atom is -0.358 e. The summed E-state index contributed by atoms with van der Waals surface area (Å²) in [5.74, 6) is 0. The van der Waals surface area contributed by atoms with Crippen molar-refractivity contribution in [3.8, 4) is 0 Å². The molecule has 2 N–H and O–H groups in total. The fourth-order valence-corrected chi connectivity index (χ4v) is 2.87. The van der Waals surface area contributed by atoms with Gasteiger partial charge in [-0.2, -0.15) is 0 Å². The zero-order valence-corrected chi connectivity index (χ0v) is 14.1. The molecule has 0 bridgehead atoms. The van der Waals surface area contributed by atoms with Gasteiger partial charge in [0.1, 0.15) is 0 Å². The highest BCUT2D eigenvalue weighted by molar-refractivity contribution is 9.11. The van der Waals surface area contributed by atoms with Crippen LogP contribution in [0, 0.1) is 0 Å². The maximum Gasteiger partial charge on any atom is 0.171 e. The van der Waals surface area contributed by atoms with Crippen molar-refractivity contribution in [2.24, 2.45) is 0 Å². The Labute approximate surface area is 125 Å². The maximum absolute atomic E-state index is 5.28. The van der Waals surface area contributed by atoms with Gasteiger partial charge in [0.25, 0.3) is 0 Å². The van der Waals surface area contributed by atoms with Crippen LogP contribution in [0.15, 0.2) is 27.1 Å². The predicted molar refractivity (Wildman–Crippen MR) is 85.6 cm³/mol. The fraction of sp³-hybridized carbons (Fsp3) is 0.417. The van der Waals surface area contributed by atoms with E-state index >= 15 is 0 Å². The smallest absolute Gasteiger partial charge is 0.171 e. The average molecular weight is 380 g/mol. The molecular weight excluding hydrogens is 364 g/mol. The number of halogens is 2. The molecule has 1 aromatic carbocycles. The number of thiocarbonyl (C=S) groups is 1. The van der Waals surface area contributed by atoms with E-state index in [1.165, 1.54) is 0 Å². The highest BCUT2D eigenvalue weighted by Gasteiger charge is 2.15. The summed E-state index contributed by atoms with van der Waals surface area (Å²) >= 11 is 12.2. The molecule has 0 atom stereocenters. The van der Waals surface area contributed by atoms with Crippen molar-refractivity contribution in [1.82, 2.24) is 5.32 Å². The van der Waals surface area contributed by atoms with Crippen LogP contribution < -0.4 is 10.6 Å². The van der Waals surface area contributed by atoms with Crippen LogP contribution in [0.4, 0.5) is 5.69 Å². The molecule has 0 aliphatic carbocycles. The zero-order chi connectivity index (χ0) is 13.1. The summed E-state index contributed by atoms with van der Waals surface area (Å²) in [4.78, 5) is 0. The van der Waals surface area contributed by atoms with Crippen LogP contribution >= 0.6 is 44.1 Å². The van der Waals surface area contributed by atoms with Gasteiger partial charge in [0.15, 0.2) is 5.11 Å². The molecule has 2 nitrogen and oxygen atoms in total. The summed E-state index contributed by atoms with van der Waals surface area (Å²) in [6.45, 7) is 6.38. The van der Waals surface area contributed by atoms with Crippen LogP contribution in [0.3, 0.4) is 0 Å². The second kappa shape index (κ2) is 6.16. The minimum absolute atomic E-state index is 0.00727. The average Bonchev–Trinajstić information content (AvgIpc) is 2.14. The molecular formula is C12H16Br2N2S. The van der Waals surface area contributed by atoms with Crippen LogP contribution in [-0.4, -0.2) is 10.7 Å². The Morgan fingerprint density at radius 2 is 1.76 bits per heavy atom. The van der Waals surface area contributed by atoms with Gasteiger partial charge >= 0.3 is 0 Å². The van der Waals surface area contributed by atoms with Crippen molar-refractivity contribution >= 4 is 54.9 Å². The molecule has 0 radical (unpaired) electrons. The van der Waals surface area contributed by atoms with Gasteiger partial charge in [-0.1, -0.05) is 38.8 Å². The Bertz CT molecular complexity index is 399. The van der Waals surface area contributed by atoms with E-state index in [1.807, 2.05) is 18.2 Å². The van der Waals surface area contributed by atoms with E-state index in [4.69, 9.17) is 12.2 Å². The van der Waals surface area contributed by atoms with Crippen LogP contribution in [0.25, 0.3) is 0 Å². The van der Waals surface area contributed by atoms with Gasteiger partial charge in [-0.05, 0) is 50.7 Å². The number of benzene rings is 1. The quantitative estimate of drug-likeness (QED) is 0.745. The summed E-state index contributed by atoms with van der Waals surface area (Å²) in [7, 11) is 0. The third-order valence-electron chi connectivity index (χ3n) is 2.46. The summed E-state index contributed by atoms with van der Waals surface area (Å²) in [5, 5.41) is 7.10. The second-order valence-electron chi connectivity index (χ2n) is 4.47. The van der Waals surface area contributed by atoms with E-state index < -0.39 is 0 Å². The molecule has 0 aliphatic rings. The van der Waals surface area contributed by atoms with Crippen molar-refractivity contribution in [2.45, 2.75) is 32.7 Å². The third-order valence-corrected chi connectivity index (χ3v) is 3.58. The zero-order valence-electron chi connectivity index (χ0n) is 10.1. The molecule has 0 saturated carbocycles. The molecule has 0 spiro atoms. The molecule has 0 fully saturated rings. The highest BCUT2D eigenvalue weighted by atomic mass is 79.9. The fourth-order valence-electron chi connectivity index (χ4n) is 1.18. The third kappa shape index (κ3) is 5.36. The molecule has 0 heterocycles. The summed E-state index contributed by atoms with van der Waals surface area (Å²) < 4.78 is 2.01. The van der Waals surface area contributed by atoms with Gasteiger partial charge in [-0.3, -0.25) is 0 Å². The lowest BCUT2D eigenvalue weighted by molar-refractivity contribution is 0.448. The molecule has 1 aromatic rings. The topological polar surface area (TPSA) is 24.1 Å². The first-order valence-corrected chi connectivity index (χ1v) is 7.37. The van der Waals surface area contributed by atoms with E-state index in [0.29, 0.717) is 5.11 Å². The maximum atomic E-state index is 5.28. The van der Waals surface area contributed by atoms with E-state index in [2.05, 4.69) is 63.3 Å². The Kier molecular flexibility index (Phi) is 5.41. The molecule has 0 saturated heterocycles. The lowest BCUT2D eigenvalue weighted by atomic mass is 10.0. The van der Waals surface area contributed by atoms with E-state index in [0.717, 1.165) is 21.1 Å². The standard InChI is InChI=1S/C12H16Br2N2S/c1-4-12(2,3)16-11(17)15-10-6-8(13)5-9(14)7-10/h5-7H,4H2,1-3H3,(H2,15,16,17). The lowest BCUT2D eigenvalue weighted by Gasteiger charge is -2.26. The summed E-state index contributed by atoms with van der Waals surface area (Å²) in [6, 6.07) is 5.95. The Balaban J connectivity index is 2.68. The van der Waals surface area contributed by atoms with E-state index in [-0.39, 0.29) is 5.54 Å². The van der Waals surface area contributed by atoms with Crippen molar-refractivity contribution < 1.29 is 0 Å². The molecule has 0 aromatic heterocycles. The highest BCUT2D eigenvalue weighted by Crippen LogP contribution is 2.23. The van der Waals surface area contributed by atoms with Crippen LogP contribution in [0.5, 0.6) is 0 Å². The Morgan fingerprint density at radius 1 is 1.24 bits per heavy atom. The van der Waals surface area contributed by atoms with Crippen LogP contribution in [0.2, 0.25) is 0 Å². The summed E-state index contributed by atoms with van der Waals surface area (Å²) in [5.41, 5.74) is 0.962. The molecule has 94 valence electrons. The first kappa shape index (κ1) is 14.9. The molecule has 17 heavy (non-hydrogen) atoms. The number of hydrogen-bond acceptors (Lipinski definition) is 1. The normalized spacial score (nSPS) is 11.1. The largest absolute Gasteiger partial charge is 0.358 e. The molecule has 0 amide bonds. The number of rotatable bonds is 3. The van der Waals surface area contributed by atoms with Gasteiger partial charge in [-0.25, -0.2) is 0 Å². The minimum atomic E-state index is 0.00727. The Morgan fingerprint density at radius 3 is 2.24 bits per heavy atom. The number of nitrogens with one attached hydrogen (secondary N) is 2. The number of anilines is 1. The summed E-state index contributed by atoms with van der Waals surface area (Å²) in [6.07, 6.45) is 1.01. The van der Waals surface area contributed by atoms with Crippen molar-refractivity contribution in [3.05, 3.63) is 27.1 Å². The van der Waals surface area contributed by atoms with Gasteiger partial charge in [-0.15, -0.1) is 0 Å².